The van der Waals surface area contributed by atoms with E-state index >= 15 is 0 Å². The highest BCUT2D eigenvalue weighted by atomic mass is 19.4. The van der Waals surface area contributed by atoms with Gasteiger partial charge in [0.1, 0.15) is 5.56 Å². The lowest BCUT2D eigenvalue weighted by atomic mass is 9.99. The van der Waals surface area contributed by atoms with E-state index in [1.54, 1.807) is 20.0 Å². The monoisotopic (exact) mass is 566 g/mol. The van der Waals surface area contributed by atoms with Gasteiger partial charge in [-0.2, -0.15) is 18.4 Å². The smallest absolute Gasteiger partial charge is 0.369 e. The molecular formula is C30H33F3N6O2. The van der Waals surface area contributed by atoms with Gasteiger partial charge in [0.15, 0.2) is 0 Å². The van der Waals surface area contributed by atoms with Crippen LogP contribution in [0.15, 0.2) is 29.1 Å². The third kappa shape index (κ3) is 5.53. The number of fused-ring (bicyclic) bond motifs is 1. The van der Waals surface area contributed by atoms with Crippen molar-refractivity contribution in [3.63, 3.8) is 0 Å². The number of hydrogen-bond donors (Lipinski definition) is 2. The quantitative estimate of drug-likeness (QED) is 0.465. The number of nitrogens with one attached hydrogen (secondary N) is 2. The van der Waals surface area contributed by atoms with E-state index in [1.165, 1.54) is 10.6 Å². The van der Waals surface area contributed by atoms with Gasteiger partial charge < -0.3 is 20.1 Å². The van der Waals surface area contributed by atoms with Crippen LogP contribution < -0.4 is 21.1 Å². The second-order valence-corrected chi connectivity index (χ2v) is 11.1. The normalized spacial score (nSPS) is 18.6. The number of benzene rings is 1. The molecule has 2 aromatic heterocycles. The maximum absolute atomic E-state index is 14.0. The maximum Gasteiger partial charge on any atom is 0.417 e. The Balaban J connectivity index is 1.62. The van der Waals surface area contributed by atoms with Gasteiger partial charge in [0.25, 0.3) is 11.5 Å². The average molecular weight is 567 g/mol. The van der Waals surface area contributed by atoms with Crippen LogP contribution in [0, 0.1) is 18.3 Å². The summed E-state index contributed by atoms with van der Waals surface area (Å²) in [6.07, 6.45) is -1.86. The molecular weight excluding hydrogens is 533 g/mol. The Labute approximate surface area is 236 Å². The van der Waals surface area contributed by atoms with Crippen molar-refractivity contribution in [3.8, 4) is 6.07 Å². The van der Waals surface area contributed by atoms with Gasteiger partial charge >= 0.3 is 6.18 Å². The number of alkyl halides is 3. The van der Waals surface area contributed by atoms with E-state index in [-0.39, 0.29) is 17.5 Å². The van der Waals surface area contributed by atoms with Crippen molar-refractivity contribution < 1.29 is 18.0 Å². The number of rotatable bonds is 5. The van der Waals surface area contributed by atoms with Crippen molar-refractivity contribution in [3.05, 3.63) is 68.3 Å². The zero-order valence-electron chi connectivity index (χ0n) is 23.5. The molecule has 3 aromatic rings. The zero-order valence-corrected chi connectivity index (χ0v) is 23.5. The summed E-state index contributed by atoms with van der Waals surface area (Å²) in [5.41, 5.74) is 1.25. The first-order valence-corrected chi connectivity index (χ1v) is 13.8. The lowest BCUT2D eigenvalue weighted by Gasteiger charge is -2.28. The summed E-state index contributed by atoms with van der Waals surface area (Å²) in [5, 5.41) is 16.4. The van der Waals surface area contributed by atoms with E-state index in [9.17, 15) is 28.0 Å². The van der Waals surface area contributed by atoms with E-state index < -0.39 is 34.8 Å². The highest BCUT2D eigenvalue weighted by Crippen LogP contribution is 2.43. The Morgan fingerprint density at radius 1 is 1.22 bits per heavy atom. The number of anilines is 1. The van der Waals surface area contributed by atoms with Gasteiger partial charge in [-0.1, -0.05) is 6.07 Å². The first-order valence-electron chi connectivity index (χ1n) is 13.8. The first kappa shape index (κ1) is 28.6. The summed E-state index contributed by atoms with van der Waals surface area (Å²) in [6, 6.07) is 6.25. The predicted molar refractivity (Wildman–Crippen MR) is 150 cm³/mol. The van der Waals surface area contributed by atoms with Gasteiger partial charge in [-0.15, -0.1) is 0 Å². The molecule has 1 aromatic carbocycles. The van der Waals surface area contributed by atoms with Crippen LogP contribution in [-0.2, 0) is 13.2 Å². The fourth-order valence-corrected chi connectivity index (χ4v) is 5.66. The van der Waals surface area contributed by atoms with Crippen molar-refractivity contribution in [1.82, 2.24) is 20.2 Å². The summed E-state index contributed by atoms with van der Waals surface area (Å²) in [5.74, 6) is -0.350. The third-order valence-electron chi connectivity index (χ3n) is 8.02. The molecule has 5 rings (SSSR count). The van der Waals surface area contributed by atoms with Crippen molar-refractivity contribution in [2.75, 3.05) is 24.5 Å². The molecule has 1 saturated heterocycles. The fourth-order valence-electron chi connectivity index (χ4n) is 5.66. The Kier molecular flexibility index (Phi) is 7.55. The number of nitrogens with zero attached hydrogens (tertiary/aromatic N) is 4. The van der Waals surface area contributed by atoms with Gasteiger partial charge in [0.2, 0.25) is 0 Å². The van der Waals surface area contributed by atoms with Gasteiger partial charge in [0.05, 0.1) is 40.1 Å². The molecule has 2 fully saturated rings. The van der Waals surface area contributed by atoms with E-state index in [2.05, 4.69) is 22.5 Å². The SMILES string of the molecule is Cc1cc2c(N3CCN[C@@H](C)CC3)c(C(=O)N[C@@H](C)c3ccc(C(F)(F)F)c(C#N)c3)c(=O)n(C)c2c(C2CC2)n1. The number of halogens is 3. The Bertz CT molecular complexity index is 1620. The Hall–Kier alpha value is -3.91. The fraction of sp³-hybridized carbons (Fsp3) is 0.467. The molecule has 0 bridgehead atoms. The number of carbonyl (C=O) groups excluding carboxylic acids is 1. The third-order valence-corrected chi connectivity index (χ3v) is 8.02. The molecule has 2 atom stereocenters. The van der Waals surface area contributed by atoms with Crippen LogP contribution in [0.5, 0.6) is 0 Å². The first-order chi connectivity index (χ1) is 19.4. The van der Waals surface area contributed by atoms with Crippen LogP contribution in [-0.4, -0.2) is 41.1 Å². The zero-order chi connectivity index (χ0) is 29.6. The molecule has 1 aliphatic carbocycles. The molecule has 0 unspecified atom stereocenters. The standard InChI is InChI=1S/C30H33F3N6O2/c1-16-9-11-39(12-10-35-16)26-22-13-17(2)36-25(19-5-6-19)27(22)38(4)29(41)24(26)28(40)37-18(3)20-7-8-23(30(31,32)33)21(14-20)15-34/h7-8,13-14,16,18-19,35H,5-6,9-12H2,1-4H3,(H,37,40)/t16-,18-/m0/s1. The molecule has 1 saturated carbocycles. The van der Waals surface area contributed by atoms with Gasteiger partial charge in [-0.25, -0.2) is 0 Å². The van der Waals surface area contributed by atoms with Crippen LogP contribution in [0.25, 0.3) is 10.9 Å². The molecule has 2 N–H and O–H groups in total. The summed E-state index contributed by atoms with van der Waals surface area (Å²) in [7, 11) is 1.65. The lowest BCUT2D eigenvalue weighted by molar-refractivity contribution is -0.137. The van der Waals surface area contributed by atoms with Gasteiger partial charge in [-0.3, -0.25) is 14.6 Å². The molecule has 1 amide bonds. The van der Waals surface area contributed by atoms with E-state index in [0.29, 0.717) is 30.9 Å². The largest absolute Gasteiger partial charge is 0.417 e. The molecule has 11 heteroatoms. The van der Waals surface area contributed by atoms with Crippen LogP contribution in [0.4, 0.5) is 18.9 Å². The van der Waals surface area contributed by atoms with E-state index in [1.807, 2.05) is 13.0 Å². The highest BCUT2D eigenvalue weighted by molar-refractivity contribution is 6.08. The number of nitriles is 1. The van der Waals surface area contributed by atoms with Crippen molar-refractivity contribution >= 4 is 22.5 Å². The van der Waals surface area contributed by atoms with E-state index in [4.69, 9.17) is 4.98 Å². The van der Waals surface area contributed by atoms with E-state index in [0.717, 1.165) is 53.7 Å². The molecule has 216 valence electrons. The minimum Gasteiger partial charge on any atom is -0.369 e. The number of carbonyl (C=O) groups is 1. The van der Waals surface area contributed by atoms with Crippen molar-refractivity contribution in [1.29, 1.82) is 5.26 Å². The predicted octanol–water partition coefficient (Wildman–Crippen LogP) is 4.69. The van der Waals surface area contributed by atoms with Crippen LogP contribution in [0.2, 0.25) is 0 Å². The van der Waals surface area contributed by atoms with Crippen LogP contribution in [0.3, 0.4) is 0 Å². The highest BCUT2D eigenvalue weighted by Gasteiger charge is 2.35. The second kappa shape index (κ2) is 10.8. The van der Waals surface area contributed by atoms with Crippen molar-refractivity contribution in [2.24, 2.45) is 7.05 Å². The number of amides is 1. The summed E-state index contributed by atoms with van der Waals surface area (Å²) >= 11 is 0. The topological polar surface area (TPSA) is 103 Å². The average Bonchev–Trinajstić information content (AvgIpc) is 3.78. The van der Waals surface area contributed by atoms with Gasteiger partial charge in [0, 0.05) is 49.7 Å². The second-order valence-electron chi connectivity index (χ2n) is 11.1. The Morgan fingerprint density at radius 2 is 1.95 bits per heavy atom. The minimum atomic E-state index is -4.67. The molecule has 0 radical (unpaired) electrons. The number of aromatic nitrogens is 2. The maximum atomic E-state index is 14.0. The molecule has 41 heavy (non-hydrogen) atoms. The molecule has 3 heterocycles. The van der Waals surface area contributed by atoms with Crippen LogP contribution in [0.1, 0.15) is 83.5 Å². The summed E-state index contributed by atoms with van der Waals surface area (Å²) in [4.78, 5) is 34.8. The molecule has 0 spiro atoms. The molecule has 1 aliphatic heterocycles. The van der Waals surface area contributed by atoms with Crippen molar-refractivity contribution in [2.45, 2.75) is 64.2 Å². The van der Waals surface area contributed by atoms with Gasteiger partial charge in [-0.05, 0) is 63.8 Å². The molecule has 2 aliphatic rings. The molecule has 8 nitrogen and oxygen atoms in total. The van der Waals surface area contributed by atoms with Crippen LogP contribution >= 0.6 is 0 Å². The number of hydrogen-bond acceptors (Lipinski definition) is 6. The lowest BCUT2D eigenvalue weighted by Crippen LogP contribution is -2.39. The Morgan fingerprint density at radius 3 is 2.61 bits per heavy atom. The summed E-state index contributed by atoms with van der Waals surface area (Å²) < 4.78 is 41.5. The summed E-state index contributed by atoms with van der Waals surface area (Å²) in [6.45, 7) is 7.52. The minimum absolute atomic E-state index is 0.0128. The number of pyridine rings is 2. The number of aryl methyl sites for hydroxylation is 2.